The van der Waals surface area contributed by atoms with Crippen molar-refractivity contribution in [1.29, 1.82) is 0 Å². The summed E-state index contributed by atoms with van der Waals surface area (Å²) in [6.07, 6.45) is 4.14. The summed E-state index contributed by atoms with van der Waals surface area (Å²) in [5, 5.41) is 5.55. The van der Waals surface area contributed by atoms with Gasteiger partial charge >= 0.3 is 6.03 Å². The molecule has 1 heterocycles. The maximum Gasteiger partial charge on any atom is 0.325 e. The van der Waals surface area contributed by atoms with Gasteiger partial charge in [0.2, 0.25) is 15.9 Å². The normalized spacial score (nSPS) is 18.5. The molecule has 0 atom stereocenters. The number of urea groups is 1. The average molecular weight is 451 g/mol. The zero-order valence-electron chi connectivity index (χ0n) is 17.9. The first kappa shape index (κ1) is 23.2. The third-order valence-electron chi connectivity index (χ3n) is 5.60. The zero-order valence-corrected chi connectivity index (χ0v) is 18.8. The van der Waals surface area contributed by atoms with E-state index in [0.717, 1.165) is 24.2 Å². The van der Waals surface area contributed by atoms with Crippen molar-refractivity contribution in [3.05, 3.63) is 29.8 Å². The summed E-state index contributed by atoms with van der Waals surface area (Å²) < 4.78 is 27.1. The van der Waals surface area contributed by atoms with E-state index in [1.165, 1.54) is 12.1 Å². The maximum atomic E-state index is 12.7. The molecule has 0 unspecified atom stereocenters. The lowest BCUT2D eigenvalue weighted by Crippen LogP contribution is -2.48. The first-order valence-electron chi connectivity index (χ1n) is 10.6. The van der Waals surface area contributed by atoms with E-state index in [0.29, 0.717) is 18.4 Å². The summed E-state index contributed by atoms with van der Waals surface area (Å²) in [5.74, 6) is -0.556. The van der Waals surface area contributed by atoms with E-state index in [1.807, 2.05) is 0 Å². The van der Waals surface area contributed by atoms with Crippen molar-refractivity contribution in [2.24, 2.45) is 0 Å². The molecule has 0 aromatic heterocycles. The molecule has 31 heavy (non-hydrogen) atoms. The molecule has 1 aromatic rings. The van der Waals surface area contributed by atoms with Crippen molar-refractivity contribution >= 4 is 27.9 Å². The zero-order chi connectivity index (χ0) is 22.6. The molecule has 2 fully saturated rings. The highest BCUT2D eigenvalue weighted by Crippen LogP contribution is 2.33. The van der Waals surface area contributed by atoms with Crippen molar-refractivity contribution in [3.63, 3.8) is 0 Å². The van der Waals surface area contributed by atoms with Crippen LogP contribution in [0.2, 0.25) is 0 Å². The number of rotatable bonds is 8. The largest absolute Gasteiger partial charge is 0.352 e. The van der Waals surface area contributed by atoms with Gasteiger partial charge in [-0.2, -0.15) is 0 Å². The second-order valence-electron chi connectivity index (χ2n) is 8.48. The Labute approximate surface area is 183 Å². The van der Waals surface area contributed by atoms with Crippen LogP contribution in [0.5, 0.6) is 0 Å². The van der Waals surface area contributed by atoms with Crippen molar-refractivity contribution in [2.45, 2.75) is 75.4 Å². The number of imide groups is 1. The lowest BCUT2D eigenvalue weighted by atomic mass is 9.82. The molecule has 1 aliphatic carbocycles. The Morgan fingerprint density at radius 2 is 1.90 bits per heavy atom. The second-order valence-corrected chi connectivity index (χ2v) is 10.2. The molecule has 1 saturated heterocycles. The molecular weight excluding hydrogens is 420 g/mol. The van der Waals surface area contributed by atoms with E-state index >= 15 is 0 Å². The number of hydrogen-bond acceptors (Lipinski definition) is 5. The highest BCUT2D eigenvalue weighted by molar-refractivity contribution is 7.89. The third-order valence-corrected chi connectivity index (χ3v) is 7.26. The number of sulfonamides is 1. The minimum Gasteiger partial charge on any atom is -0.352 e. The predicted molar refractivity (Wildman–Crippen MR) is 114 cm³/mol. The minimum atomic E-state index is -3.62. The van der Waals surface area contributed by atoms with Crippen LogP contribution in [0.25, 0.3) is 0 Å². The van der Waals surface area contributed by atoms with Crippen LogP contribution in [0.15, 0.2) is 29.2 Å². The first-order chi connectivity index (χ1) is 14.6. The Kier molecular flexibility index (Phi) is 7.00. The molecule has 4 amide bonds. The van der Waals surface area contributed by atoms with E-state index < -0.39 is 21.6 Å². The number of amides is 4. The summed E-state index contributed by atoms with van der Waals surface area (Å²) in [7, 11) is -3.62. The molecule has 9 nitrogen and oxygen atoms in total. The van der Waals surface area contributed by atoms with Crippen LogP contribution in [0, 0.1) is 0 Å². The molecule has 0 bridgehead atoms. The number of benzene rings is 1. The minimum absolute atomic E-state index is 0.0118. The number of hydrogen-bond donors (Lipinski definition) is 3. The fourth-order valence-corrected chi connectivity index (χ4v) is 5.40. The molecule has 2 aliphatic rings. The van der Waals surface area contributed by atoms with Gasteiger partial charge in [-0.05, 0) is 44.4 Å². The fraction of sp³-hybridized carbons (Fsp3) is 0.571. The second kappa shape index (κ2) is 9.35. The van der Waals surface area contributed by atoms with Gasteiger partial charge in [0.1, 0.15) is 5.54 Å². The van der Waals surface area contributed by atoms with Crippen molar-refractivity contribution in [2.75, 3.05) is 6.54 Å². The molecule has 1 spiro atoms. The van der Waals surface area contributed by atoms with Crippen molar-refractivity contribution < 1.29 is 22.8 Å². The lowest BCUT2D eigenvalue weighted by molar-refractivity contribution is -0.132. The van der Waals surface area contributed by atoms with Crippen LogP contribution in [0.1, 0.15) is 57.9 Å². The highest BCUT2D eigenvalue weighted by atomic mass is 32.2. The molecule has 0 radical (unpaired) electrons. The first-order valence-corrected chi connectivity index (χ1v) is 12.1. The van der Waals surface area contributed by atoms with Crippen LogP contribution >= 0.6 is 0 Å². The number of nitrogens with zero attached hydrogens (tertiary/aromatic N) is 1. The highest BCUT2D eigenvalue weighted by Gasteiger charge is 2.51. The van der Waals surface area contributed by atoms with Gasteiger partial charge < -0.3 is 10.6 Å². The standard InChI is InChI=1S/C21H30N4O5S/c1-15(2)24-31(29,30)17-8-6-7-16(13-17)14-22-18(26)9-12-25-19(27)21(23-20(25)28)10-4-3-5-11-21/h6-8,13,15,24H,3-5,9-12,14H2,1-2H3,(H,22,26)(H,23,28). The van der Waals surface area contributed by atoms with Gasteiger partial charge in [0, 0.05) is 25.6 Å². The molecule has 3 rings (SSSR count). The summed E-state index contributed by atoms with van der Waals surface area (Å²) in [6, 6.07) is 5.68. The molecule has 1 aromatic carbocycles. The Hall–Kier alpha value is -2.46. The summed E-state index contributed by atoms with van der Waals surface area (Å²) in [6.45, 7) is 3.64. The molecule has 1 aliphatic heterocycles. The van der Waals surface area contributed by atoms with Gasteiger partial charge in [-0.25, -0.2) is 17.9 Å². The van der Waals surface area contributed by atoms with Gasteiger partial charge in [0.05, 0.1) is 4.90 Å². The quantitative estimate of drug-likeness (QED) is 0.519. The predicted octanol–water partition coefficient (Wildman–Crippen LogP) is 1.63. The Bertz CT molecular complexity index is 954. The number of carbonyl (C=O) groups is 3. The summed E-state index contributed by atoms with van der Waals surface area (Å²) in [4.78, 5) is 38.5. The molecule has 1 saturated carbocycles. The van der Waals surface area contributed by atoms with Crippen molar-refractivity contribution in [1.82, 2.24) is 20.3 Å². The smallest absolute Gasteiger partial charge is 0.325 e. The summed E-state index contributed by atoms with van der Waals surface area (Å²) in [5.41, 5.74) is -0.155. The van der Waals surface area contributed by atoms with E-state index in [9.17, 15) is 22.8 Å². The summed E-state index contributed by atoms with van der Waals surface area (Å²) >= 11 is 0. The molecule has 170 valence electrons. The number of carbonyl (C=O) groups excluding carboxylic acids is 3. The van der Waals surface area contributed by atoms with Gasteiger partial charge in [-0.1, -0.05) is 31.4 Å². The Morgan fingerprint density at radius 3 is 2.58 bits per heavy atom. The van der Waals surface area contributed by atoms with Crippen LogP contribution < -0.4 is 15.4 Å². The van der Waals surface area contributed by atoms with Crippen LogP contribution in [0.3, 0.4) is 0 Å². The van der Waals surface area contributed by atoms with Crippen LogP contribution in [-0.4, -0.2) is 49.3 Å². The molecular formula is C21H30N4O5S. The van der Waals surface area contributed by atoms with Crippen LogP contribution in [0.4, 0.5) is 4.79 Å². The molecule has 3 N–H and O–H groups in total. The average Bonchev–Trinajstić information content (AvgIpc) is 2.93. The van der Waals surface area contributed by atoms with Crippen molar-refractivity contribution in [3.8, 4) is 0 Å². The monoisotopic (exact) mass is 450 g/mol. The molecule has 10 heteroatoms. The lowest BCUT2D eigenvalue weighted by Gasteiger charge is -2.30. The Balaban J connectivity index is 1.52. The van der Waals surface area contributed by atoms with E-state index in [4.69, 9.17) is 0 Å². The van der Waals surface area contributed by atoms with Gasteiger partial charge in [-0.15, -0.1) is 0 Å². The topological polar surface area (TPSA) is 125 Å². The Morgan fingerprint density at radius 1 is 1.19 bits per heavy atom. The van der Waals surface area contributed by atoms with Gasteiger partial charge in [-0.3, -0.25) is 14.5 Å². The van der Waals surface area contributed by atoms with Crippen LogP contribution in [-0.2, 0) is 26.2 Å². The number of nitrogens with one attached hydrogen (secondary N) is 3. The van der Waals surface area contributed by atoms with E-state index in [2.05, 4.69) is 15.4 Å². The maximum absolute atomic E-state index is 12.7. The SMILES string of the molecule is CC(C)NS(=O)(=O)c1cccc(CNC(=O)CCN2C(=O)NC3(CCCCC3)C2=O)c1. The fourth-order valence-electron chi connectivity index (χ4n) is 4.08. The third kappa shape index (κ3) is 5.43. The van der Waals surface area contributed by atoms with E-state index in [-0.39, 0.29) is 42.3 Å². The van der Waals surface area contributed by atoms with E-state index in [1.54, 1.807) is 26.0 Å². The van der Waals surface area contributed by atoms with Gasteiger partial charge in [0.15, 0.2) is 0 Å². The van der Waals surface area contributed by atoms with Gasteiger partial charge in [0.25, 0.3) is 5.91 Å².